The standard InChI is InChI=1S/C34H24N14/c1-21-27(19-35-45(21)25-9-5-3-6-10-25)31-17-29(37-33-39-41-43-47(31)33)23-13-15-24(16-14-23)30-18-32(48-34(38-30)40-42-44-48)28-20-36-46(22(28)2)26-11-7-4-8-12-26/h3-20H,1-2H3. The highest BCUT2D eigenvalue weighted by atomic mass is 15.5. The number of fused-ring (bicyclic) bond motifs is 2. The van der Waals surface area contributed by atoms with Crippen LogP contribution in [0.25, 0.3) is 68.0 Å². The molecule has 0 aliphatic carbocycles. The number of nitrogens with zero attached hydrogens (tertiary/aromatic N) is 14. The molecule has 6 heterocycles. The SMILES string of the molecule is Cc1c(-c2cc(-c3ccc(-c4cc(-c5cnn(-c6ccccc6)c5C)n5nnnc5n4)cc3)nc3nnnn23)cnn1-c1ccccc1. The number of benzene rings is 3. The summed E-state index contributed by atoms with van der Waals surface area (Å²) in [5.41, 5.74) is 10.4. The van der Waals surface area contributed by atoms with Gasteiger partial charge in [-0.15, -0.1) is 0 Å². The maximum atomic E-state index is 4.76. The summed E-state index contributed by atoms with van der Waals surface area (Å²) >= 11 is 0. The highest BCUT2D eigenvalue weighted by Crippen LogP contribution is 2.32. The number of tetrazole rings is 2. The van der Waals surface area contributed by atoms with E-state index in [4.69, 9.17) is 9.97 Å². The lowest BCUT2D eigenvalue weighted by Crippen LogP contribution is -2.02. The topological polar surface area (TPSA) is 148 Å². The molecule has 48 heavy (non-hydrogen) atoms. The van der Waals surface area contributed by atoms with Gasteiger partial charge in [0.1, 0.15) is 0 Å². The predicted octanol–water partition coefficient (Wildman–Crippen LogP) is 5.01. The van der Waals surface area contributed by atoms with Crippen molar-refractivity contribution in [3.05, 3.63) is 121 Å². The Morgan fingerprint density at radius 1 is 0.500 bits per heavy atom. The number of para-hydroxylation sites is 2. The lowest BCUT2D eigenvalue weighted by atomic mass is 10.0. The number of rotatable bonds is 6. The Balaban J connectivity index is 1.10. The fourth-order valence-electron chi connectivity index (χ4n) is 5.95. The third kappa shape index (κ3) is 4.42. The van der Waals surface area contributed by atoms with Crippen molar-refractivity contribution in [1.29, 1.82) is 0 Å². The number of hydrogen-bond acceptors (Lipinski definition) is 10. The second kappa shape index (κ2) is 10.8. The first-order valence-corrected chi connectivity index (χ1v) is 15.1. The smallest absolute Gasteiger partial charge is 0.237 e. The van der Waals surface area contributed by atoms with Gasteiger partial charge < -0.3 is 0 Å². The summed E-state index contributed by atoms with van der Waals surface area (Å²) in [5, 5.41) is 33.8. The minimum atomic E-state index is 0.390. The van der Waals surface area contributed by atoms with Crippen LogP contribution in [-0.4, -0.2) is 69.6 Å². The van der Waals surface area contributed by atoms with E-state index in [0.29, 0.717) is 11.6 Å². The van der Waals surface area contributed by atoms with E-state index >= 15 is 0 Å². The van der Waals surface area contributed by atoms with Crippen molar-refractivity contribution >= 4 is 11.6 Å². The summed E-state index contributed by atoms with van der Waals surface area (Å²) in [7, 11) is 0. The Bertz CT molecular complexity index is 2400. The summed E-state index contributed by atoms with van der Waals surface area (Å²) in [6.07, 6.45) is 3.66. The molecule has 0 saturated heterocycles. The molecule has 0 amide bonds. The van der Waals surface area contributed by atoms with E-state index in [-0.39, 0.29) is 0 Å². The van der Waals surface area contributed by atoms with E-state index in [9.17, 15) is 0 Å². The van der Waals surface area contributed by atoms with Crippen molar-refractivity contribution in [2.24, 2.45) is 0 Å². The van der Waals surface area contributed by atoms with Crippen LogP contribution in [0.4, 0.5) is 0 Å². The van der Waals surface area contributed by atoms with Crippen LogP contribution >= 0.6 is 0 Å². The zero-order valence-electron chi connectivity index (χ0n) is 25.7. The van der Waals surface area contributed by atoms with Gasteiger partial charge >= 0.3 is 0 Å². The number of aromatic nitrogens is 14. The molecule has 6 aromatic heterocycles. The third-order valence-electron chi connectivity index (χ3n) is 8.40. The summed E-state index contributed by atoms with van der Waals surface area (Å²) in [4.78, 5) is 9.52. The van der Waals surface area contributed by atoms with Gasteiger partial charge in [0.25, 0.3) is 11.6 Å². The predicted molar refractivity (Wildman–Crippen MR) is 176 cm³/mol. The van der Waals surface area contributed by atoms with Crippen molar-refractivity contribution in [3.63, 3.8) is 0 Å². The highest BCUT2D eigenvalue weighted by molar-refractivity contribution is 5.75. The van der Waals surface area contributed by atoms with Gasteiger partial charge in [-0.1, -0.05) is 70.9 Å². The zero-order chi connectivity index (χ0) is 32.2. The summed E-state index contributed by atoms with van der Waals surface area (Å²) in [5.74, 6) is 0.779. The van der Waals surface area contributed by atoms with Gasteiger partial charge in [-0.05, 0) is 71.1 Å². The Hall–Kier alpha value is -6.96. The molecule has 0 N–H and O–H groups in total. The minimum absolute atomic E-state index is 0.390. The molecule has 9 aromatic rings. The van der Waals surface area contributed by atoms with Gasteiger partial charge in [0.2, 0.25) is 0 Å². The third-order valence-corrected chi connectivity index (χ3v) is 8.40. The fourth-order valence-corrected chi connectivity index (χ4v) is 5.95. The maximum Gasteiger partial charge on any atom is 0.274 e. The quantitative estimate of drug-likeness (QED) is 0.246. The zero-order valence-corrected chi connectivity index (χ0v) is 25.7. The van der Waals surface area contributed by atoms with Crippen LogP contribution < -0.4 is 0 Å². The van der Waals surface area contributed by atoms with Gasteiger partial charge in [0, 0.05) is 22.3 Å². The molecule has 0 aliphatic rings. The Morgan fingerprint density at radius 3 is 1.33 bits per heavy atom. The fraction of sp³-hybridized carbons (Fsp3) is 0.0588. The average molecular weight is 629 g/mol. The normalized spacial score (nSPS) is 11.5. The van der Waals surface area contributed by atoms with Gasteiger partial charge in [0.15, 0.2) is 0 Å². The average Bonchev–Trinajstić information content (AvgIpc) is 3.95. The largest absolute Gasteiger partial charge is 0.274 e. The van der Waals surface area contributed by atoms with Crippen LogP contribution in [0.1, 0.15) is 11.4 Å². The first kappa shape index (κ1) is 27.4. The molecule has 0 fully saturated rings. The molecule has 0 bridgehead atoms. The number of hydrogen-bond donors (Lipinski definition) is 0. The van der Waals surface area contributed by atoms with E-state index in [1.54, 1.807) is 9.03 Å². The van der Waals surface area contributed by atoms with Crippen molar-refractivity contribution in [1.82, 2.24) is 69.6 Å². The van der Waals surface area contributed by atoms with Crippen LogP contribution in [0.2, 0.25) is 0 Å². The van der Waals surface area contributed by atoms with Crippen LogP contribution in [0.5, 0.6) is 0 Å². The Kier molecular flexibility index (Phi) is 6.18. The molecule has 14 nitrogen and oxygen atoms in total. The second-order valence-electron chi connectivity index (χ2n) is 11.2. The van der Waals surface area contributed by atoms with Gasteiger partial charge in [0.05, 0.1) is 57.9 Å². The van der Waals surface area contributed by atoms with Crippen molar-refractivity contribution in [2.75, 3.05) is 0 Å². The maximum absolute atomic E-state index is 4.76. The highest BCUT2D eigenvalue weighted by Gasteiger charge is 2.19. The molecule has 0 radical (unpaired) electrons. The Morgan fingerprint density at radius 2 is 0.917 bits per heavy atom. The molecule has 0 aliphatic heterocycles. The molecule has 0 unspecified atom stereocenters. The molecular formula is C34H24N14. The van der Waals surface area contributed by atoms with E-state index in [0.717, 1.165) is 67.8 Å². The van der Waals surface area contributed by atoms with Crippen molar-refractivity contribution < 1.29 is 0 Å². The van der Waals surface area contributed by atoms with Crippen LogP contribution in [-0.2, 0) is 0 Å². The summed E-state index contributed by atoms with van der Waals surface area (Å²) < 4.78 is 7.06. The Labute approximate surface area is 272 Å². The first-order chi connectivity index (χ1) is 23.6. The second-order valence-corrected chi connectivity index (χ2v) is 11.2. The monoisotopic (exact) mass is 628 g/mol. The van der Waals surface area contributed by atoms with E-state index in [1.807, 2.05) is 133 Å². The van der Waals surface area contributed by atoms with Crippen molar-refractivity contribution in [2.45, 2.75) is 13.8 Å². The molecule has 3 aromatic carbocycles. The van der Waals surface area contributed by atoms with E-state index < -0.39 is 0 Å². The first-order valence-electron chi connectivity index (χ1n) is 15.1. The van der Waals surface area contributed by atoms with Crippen LogP contribution in [0, 0.1) is 13.8 Å². The van der Waals surface area contributed by atoms with Crippen LogP contribution in [0.15, 0.2) is 109 Å². The summed E-state index contributed by atoms with van der Waals surface area (Å²) in [6.45, 7) is 4.05. The lowest BCUT2D eigenvalue weighted by Gasteiger charge is -2.10. The molecule has 0 saturated carbocycles. The van der Waals surface area contributed by atoms with Crippen molar-refractivity contribution in [3.8, 4) is 56.4 Å². The van der Waals surface area contributed by atoms with Crippen LogP contribution in [0.3, 0.4) is 0 Å². The van der Waals surface area contributed by atoms with Gasteiger partial charge in [-0.3, -0.25) is 0 Å². The molecular weight excluding hydrogens is 604 g/mol. The minimum Gasteiger partial charge on any atom is -0.237 e. The van der Waals surface area contributed by atoms with Gasteiger partial charge in [-0.2, -0.15) is 19.2 Å². The summed E-state index contributed by atoms with van der Waals surface area (Å²) in [6, 6.07) is 32.0. The molecule has 0 atom stereocenters. The van der Waals surface area contributed by atoms with Gasteiger partial charge in [-0.25, -0.2) is 19.3 Å². The van der Waals surface area contributed by atoms with E-state index in [1.165, 1.54) is 0 Å². The molecule has 0 spiro atoms. The lowest BCUT2D eigenvalue weighted by molar-refractivity contribution is 0.824. The molecule has 9 rings (SSSR count). The molecule has 230 valence electrons. The molecule has 14 heteroatoms. The van der Waals surface area contributed by atoms with E-state index in [2.05, 4.69) is 41.2 Å².